The zero-order chi connectivity index (χ0) is 41.5. The largest absolute Gasteiger partial charge is 0.497 e. The third-order valence-corrected chi connectivity index (χ3v) is 12.2. The number of ether oxygens (including phenoxy) is 5. The molecule has 0 radical (unpaired) electrons. The number of benzene rings is 3. The number of hydrogen-bond donors (Lipinski definition) is 2. The zero-order valence-electron chi connectivity index (χ0n) is 34.8. The maximum Gasteiger partial charge on any atom is 0.259 e. The predicted octanol–water partition coefficient (Wildman–Crippen LogP) is 7.62. The van der Waals surface area contributed by atoms with Gasteiger partial charge in [0, 0.05) is 37.8 Å². The minimum atomic E-state index is -1.59. The fourth-order valence-corrected chi connectivity index (χ4v) is 8.94. The number of morpholine rings is 1. The molecule has 4 atom stereocenters. The Balaban J connectivity index is 1.48. The van der Waals surface area contributed by atoms with Gasteiger partial charge >= 0.3 is 0 Å². The van der Waals surface area contributed by atoms with E-state index in [-0.39, 0.29) is 37.6 Å². The molecule has 0 aromatic heterocycles. The fraction of sp³-hybridized carbons (Fsp3) is 0.477. The van der Waals surface area contributed by atoms with Gasteiger partial charge in [0.15, 0.2) is 0 Å². The molecule has 2 heterocycles. The minimum absolute atomic E-state index is 0.116. The summed E-state index contributed by atoms with van der Waals surface area (Å²) in [5.41, 5.74) is 1.66. The summed E-state index contributed by atoms with van der Waals surface area (Å²) in [5.74, 6) is 2.36. The molecule has 312 valence electrons. The van der Waals surface area contributed by atoms with Gasteiger partial charge in [-0.2, -0.15) is 5.26 Å². The van der Waals surface area contributed by atoms with E-state index in [0.717, 1.165) is 47.1 Å². The highest BCUT2D eigenvalue weighted by Gasteiger charge is 2.44. The molecule has 2 fully saturated rings. The summed E-state index contributed by atoms with van der Waals surface area (Å²) in [5, 5.41) is 21.2. The van der Waals surface area contributed by atoms with Gasteiger partial charge in [0.25, 0.3) is 8.53 Å². The van der Waals surface area contributed by atoms with Gasteiger partial charge < -0.3 is 42.9 Å². The Hall–Kier alpha value is -4.38. The SMILES string of the molecule is COc1ccc(C(OC[C@H]2O[C@@H](N/C=C\C(=N)N=C(C)N3CCOCC3)CC2OP(OCCC#N)N(C(C)C)C(C)C)(c2ccccc2)c2ccc(OC)cc2)cc1. The molecule has 13 nitrogen and oxygen atoms in total. The van der Waals surface area contributed by atoms with Gasteiger partial charge in [-0.05, 0) is 81.7 Å². The molecular formula is C44H59N6O7P. The molecule has 0 amide bonds. The van der Waals surface area contributed by atoms with E-state index in [1.165, 1.54) is 0 Å². The van der Waals surface area contributed by atoms with Crippen molar-refractivity contribution in [1.29, 1.82) is 10.7 Å². The molecule has 0 bridgehead atoms. The first kappa shape index (κ1) is 44.7. The van der Waals surface area contributed by atoms with Crippen LogP contribution in [0.15, 0.2) is 96.1 Å². The molecule has 0 saturated carbocycles. The van der Waals surface area contributed by atoms with Gasteiger partial charge in [0.2, 0.25) is 0 Å². The van der Waals surface area contributed by atoms with Crippen LogP contribution < -0.4 is 14.8 Å². The van der Waals surface area contributed by atoms with Crippen LogP contribution in [0.25, 0.3) is 0 Å². The van der Waals surface area contributed by atoms with Crippen LogP contribution in [-0.4, -0.2) is 105 Å². The molecule has 0 aliphatic carbocycles. The molecule has 2 aliphatic heterocycles. The maximum absolute atomic E-state index is 9.35. The maximum atomic E-state index is 9.35. The Bertz CT molecular complexity index is 1760. The average Bonchev–Trinajstić information content (AvgIpc) is 3.62. The van der Waals surface area contributed by atoms with Crippen LogP contribution in [0.1, 0.15) is 64.2 Å². The highest BCUT2D eigenvalue weighted by Crippen LogP contribution is 2.50. The Morgan fingerprint density at radius 2 is 1.55 bits per heavy atom. The smallest absolute Gasteiger partial charge is 0.259 e. The van der Waals surface area contributed by atoms with Crippen molar-refractivity contribution in [3.05, 3.63) is 108 Å². The molecule has 3 aromatic carbocycles. The second-order valence-corrected chi connectivity index (χ2v) is 16.0. The summed E-state index contributed by atoms with van der Waals surface area (Å²) in [6, 6.07) is 28.4. The summed E-state index contributed by atoms with van der Waals surface area (Å²) in [7, 11) is 1.72. The number of methoxy groups -OCH3 is 2. The Morgan fingerprint density at radius 1 is 0.966 bits per heavy atom. The number of amidine groups is 2. The van der Waals surface area contributed by atoms with Crippen LogP contribution >= 0.6 is 8.53 Å². The van der Waals surface area contributed by atoms with Crippen molar-refractivity contribution in [2.75, 3.05) is 53.7 Å². The Kier molecular flexibility index (Phi) is 17.1. The van der Waals surface area contributed by atoms with Crippen molar-refractivity contribution in [3.63, 3.8) is 0 Å². The second kappa shape index (κ2) is 22.1. The predicted molar refractivity (Wildman–Crippen MR) is 227 cm³/mol. The van der Waals surface area contributed by atoms with Gasteiger partial charge in [-0.3, -0.25) is 5.41 Å². The third kappa shape index (κ3) is 11.6. The Labute approximate surface area is 345 Å². The first-order valence-electron chi connectivity index (χ1n) is 19.9. The van der Waals surface area contributed by atoms with Crippen LogP contribution in [0.2, 0.25) is 0 Å². The molecule has 2 unspecified atom stereocenters. The van der Waals surface area contributed by atoms with E-state index >= 15 is 0 Å². The molecule has 2 saturated heterocycles. The molecule has 5 rings (SSSR count). The van der Waals surface area contributed by atoms with E-state index in [1.54, 1.807) is 26.5 Å². The van der Waals surface area contributed by atoms with Crippen molar-refractivity contribution in [2.24, 2.45) is 4.99 Å². The lowest BCUT2D eigenvalue weighted by atomic mass is 9.80. The third-order valence-electron chi connectivity index (χ3n) is 10.00. The van der Waals surface area contributed by atoms with Crippen molar-refractivity contribution < 1.29 is 32.7 Å². The van der Waals surface area contributed by atoms with Crippen molar-refractivity contribution >= 4 is 20.2 Å². The molecule has 14 heteroatoms. The number of hydrogen-bond acceptors (Lipinski definition) is 11. The number of aliphatic imine (C=N–C) groups is 1. The minimum Gasteiger partial charge on any atom is -0.497 e. The molecule has 3 aromatic rings. The molecule has 2 aliphatic rings. The summed E-state index contributed by atoms with van der Waals surface area (Å²) < 4.78 is 46.1. The van der Waals surface area contributed by atoms with Crippen molar-refractivity contribution in [2.45, 2.75) is 83.6 Å². The zero-order valence-corrected chi connectivity index (χ0v) is 35.7. The van der Waals surface area contributed by atoms with Crippen LogP contribution in [0.5, 0.6) is 11.5 Å². The Morgan fingerprint density at radius 3 is 2.10 bits per heavy atom. The van der Waals surface area contributed by atoms with E-state index in [4.69, 9.17) is 38.1 Å². The van der Waals surface area contributed by atoms with E-state index in [2.05, 4.69) is 65.8 Å². The molecular weight excluding hydrogens is 755 g/mol. The normalized spacial score (nSPS) is 19.5. The van der Waals surface area contributed by atoms with Crippen LogP contribution in [0, 0.1) is 16.7 Å². The van der Waals surface area contributed by atoms with E-state index in [0.29, 0.717) is 19.6 Å². The lowest BCUT2D eigenvalue weighted by Crippen LogP contribution is -2.39. The van der Waals surface area contributed by atoms with Gasteiger partial charge in [0.05, 0.1) is 59.2 Å². The van der Waals surface area contributed by atoms with Gasteiger partial charge in [-0.1, -0.05) is 54.6 Å². The highest BCUT2D eigenvalue weighted by atomic mass is 31.2. The van der Waals surface area contributed by atoms with Gasteiger partial charge in [-0.15, -0.1) is 0 Å². The first-order chi connectivity index (χ1) is 28.1. The highest BCUT2D eigenvalue weighted by molar-refractivity contribution is 7.44. The summed E-state index contributed by atoms with van der Waals surface area (Å²) in [6.07, 6.45) is 2.57. The molecule has 58 heavy (non-hydrogen) atoms. The standard InChI is InChI=1S/C44H59N6O7P/c1-32(2)50(33(3)4)58(55-27-11-23-45)57-40-30-43(47-24-22-42(46)48-34(5)49-25-28-53-29-26-49)56-41(40)31-54-44(35-12-9-8-10-13-35,36-14-18-38(51-6)19-15-36)37-16-20-39(52-7)21-17-37/h8-10,12-22,24,32-33,40-41,43,46-47H,11,25-31H2,1-7H3/b24-22-,46-42?,48-34?/t40?,41-,43-,58?/m1/s1. The van der Waals surface area contributed by atoms with E-state index in [1.807, 2.05) is 73.7 Å². The van der Waals surface area contributed by atoms with Crippen LogP contribution in [-0.2, 0) is 28.9 Å². The monoisotopic (exact) mass is 814 g/mol. The summed E-state index contributed by atoms with van der Waals surface area (Å²) >= 11 is 0. The summed E-state index contributed by atoms with van der Waals surface area (Å²) in [6.45, 7) is 13.6. The van der Waals surface area contributed by atoms with Gasteiger partial charge in [-0.25, -0.2) is 9.66 Å². The number of rotatable bonds is 19. The van der Waals surface area contributed by atoms with E-state index in [9.17, 15) is 5.26 Å². The molecule has 0 spiro atoms. The van der Waals surface area contributed by atoms with Gasteiger partial charge in [0.1, 0.15) is 41.1 Å². The topological polar surface area (TPSA) is 143 Å². The summed E-state index contributed by atoms with van der Waals surface area (Å²) in [4.78, 5) is 6.61. The number of nitrogens with zero attached hydrogens (tertiary/aromatic N) is 4. The van der Waals surface area contributed by atoms with Crippen molar-refractivity contribution in [1.82, 2.24) is 14.9 Å². The molecule has 2 N–H and O–H groups in total. The number of nitrogens with one attached hydrogen (secondary N) is 2. The van der Waals surface area contributed by atoms with E-state index < -0.39 is 32.6 Å². The number of nitriles is 1. The van der Waals surface area contributed by atoms with Crippen LogP contribution in [0.3, 0.4) is 0 Å². The second-order valence-electron chi connectivity index (χ2n) is 14.5. The lowest BCUT2D eigenvalue weighted by Gasteiger charge is -2.39. The fourth-order valence-electron chi connectivity index (χ4n) is 7.18. The van der Waals surface area contributed by atoms with Crippen molar-refractivity contribution in [3.8, 4) is 17.6 Å². The lowest BCUT2D eigenvalue weighted by molar-refractivity contribution is -0.0825. The van der Waals surface area contributed by atoms with Crippen LogP contribution in [0.4, 0.5) is 0 Å². The quantitative estimate of drug-likeness (QED) is 0.0406. The average molecular weight is 815 g/mol. The first-order valence-corrected chi connectivity index (χ1v) is 21.0.